The van der Waals surface area contributed by atoms with Crippen LogP contribution in [-0.2, 0) is 10.3 Å². The van der Waals surface area contributed by atoms with Crippen LogP contribution < -0.4 is 0 Å². The van der Waals surface area contributed by atoms with E-state index < -0.39 is 29.3 Å². The van der Waals surface area contributed by atoms with Gasteiger partial charge in [-0.2, -0.15) is 0 Å². The summed E-state index contributed by atoms with van der Waals surface area (Å²) in [6.45, 7) is 9.16. The molecule has 0 radical (unpaired) electrons. The zero-order chi connectivity index (χ0) is 20.1. The lowest BCUT2D eigenvalue weighted by Crippen LogP contribution is -2.51. The van der Waals surface area contributed by atoms with E-state index in [4.69, 9.17) is 9.84 Å². The van der Waals surface area contributed by atoms with E-state index >= 15 is 0 Å². The molecule has 2 atom stereocenters. The Labute approximate surface area is 155 Å². The van der Waals surface area contributed by atoms with Crippen LogP contribution in [0.15, 0.2) is 24.3 Å². The van der Waals surface area contributed by atoms with E-state index in [0.29, 0.717) is 12.0 Å². The van der Waals surface area contributed by atoms with Crippen molar-refractivity contribution < 1.29 is 24.5 Å². The van der Waals surface area contributed by atoms with Crippen molar-refractivity contribution in [2.45, 2.75) is 71.1 Å². The third-order valence-electron chi connectivity index (χ3n) is 4.50. The van der Waals surface area contributed by atoms with Crippen molar-refractivity contribution in [2.75, 3.05) is 7.05 Å². The Bertz CT molecular complexity index is 620. The van der Waals surface area contributed by atoms with Crippen LogP contribution in [0.1, 0.15) is 69.8 Å². The van der Waals surface area contributed by atoms with Gasteiger partial charge in [0.25, 0.3) is 0 Å². The maximum absolute atomic E-state index is 12.4. The Hall–Kier alpha value is -2.08. The molecule has 0 aliphatic rings. The van der Waals surface area contributed by atoms with Crippen LogP contribution in [0.3, 0.4) is 0 Å². The van der Waals surface area contributed by atoms with Crippen LogP contribution in [0.4, 0.5) is 4.79 Å². The smallest absolute Gasteiger partial charge is 0.410 e. The normalized spacial score (nSPS) is 15.0. The van der Waals surface area contributed by atoms with E-state index in [2.05, 4.69) is 0 Å². The van der Waals surface area contributed by atoms with Crippen molar-refractivity contribution in [1.29, 1.82) is 0 Å². The number of hydrogen-bond donors (Lipinski definition) is 2. The van der Waals surface area contributed by atoms with Gasteiger partial charge in [-0.15, -0.1) is 0 Å². The van der Waals surface area contributed by atoms with Crippen LogP contribution in [0, 0.1) is 0 Å². The topological polar surface area (TPSA) is 87.1 Å². The lowest BCUT2D eigenvalue weighted by molar-refractivity contribution is -0.0545. The van der Waals surface area contributed by atoms with Gasteiger partial charge < -0.3 is 19.8 Å². The molecule has 0 bridgehead atoms. The molecule has 146 valence electrons. The number of likely N-dealkylation sites (N-methyl/N-ethyl adjacent to an activating group) is 1. The molecule has 0 saturated carbocycles. The molecule has 1 aromatic carbocycles. The molecule has 6 heteroatoms. The van der Waals surface area contributed by atoms with Gasteiger partial charge in [-0.05, 0) is 51.8 Å². The highest BCUT2D eigenvalue weighted by Crippen LogP contribution is 2.34. The minimum Gasteiger partial charge on any atom is -0.478 e. The van der Waals surface area contributed by atoms with Gasteiger partial charge in [0.2, 0.25) is 0 Å². The molecule has 2 N–H and O–H groups in total. The number of aliphatic hydroxyl groups is 1. The van der Waals surface area contributed by atoms with Gasteiger partial charge in [-0.1, -0.05) is 31.9 Å². The molecule has 0 aliphatic heterocycles. The third-order valence-corrected chi connectivity index (χ3v) is 4.50. The first-order valence-electron chi connectivity index (χ1n) is 8.94. The average Bonchev–Trinajstić information content (AvgIpc) is 2.56. The Morgan fingerprint density at radius 1 is 1.19 bits per heavy atom. The average molecular weight is 365 g/mol. The molecule has 6 nitrogen and oxygen atoms in total. The molecular formula is C20H31NO5. The highest BCUT2D eigenvalue weighted by Gasteiger charge is 2.40. The second-order valence-electron chi connectivity index (χ2n) is 7.68. The summed E-state index contributed by atoms with van der Waals surface area (Å²) in [7, 11) is 1.60. The van der Waals surface area contributed by atoms with Crippen LogP contribution in [0.25, 0.3) is 0 Å². The SMILES string of the molecule is CCCCC(O)(c1ccc(C(=O)O)cc1)C(C)N(C)C(=O)OC(C)(C)C. The van der Waals surface area contributed by atoms with Gasteiger partial charge >= 0.3 is 12.1 Å². The highest BCUT2D eigenvalue weighted by molar-refractivity contribution is 5.87. The molecule has 1 aromatic rings. The molecule has 26 heavy (non-hydrogen) atoms. The number of carboxylic acids is 1. The minimum atomic E-state index is -1.31. The van der Waals surface area contributed by atoms with Crippen LogP contribution in [-0.4, -0.2) is 45.9 Å². The number of rotatable bonds is 7. The molecule has 0 saturated heterocycles. The standard InChI is InChI=1S/C20H31NO5/c1-7-8-13-20(25,16-11-9-15(10-12-16)17(22)23)14(2)21(6)18(24)26-19(3,4)5/h9-12,14,25H,7-8,13H2,1-6H3,(H,22,23). The van der Waals surface area contributed by atoms with Crippen molar-refractivity contribution in [3.05, 3.63) is 35.4 Å². The predicted octanol–water partition coefficient (Wildman–Crippen LogP) is 4.02. The van der Waals surface area contributed by atoms with Gasteiger partial charge in [0.05, 0.1) is 11.6 Å². The summed E-state index contributed by atoms with van der Waals surface area (Å²) in [6.07, 6.45) is 1.59. The molecule has 0 aromatic heterocycles. The zero-order valence-corrected chi connectivity index (χ0v) is 16.6. The summed E-state index contributed by atoms with van der Waals surface area (Å²) in [5.41, 5.74) is -1.20. The second kappa shape index (κ2) is 8.54. The minimum absolute atomic E-state index is 0.153. The lowest BCUT2D eigenvalue weighted by Gasteiger charge is -2.40. The lowest BCUT2D eigenvalue weighted by atomic mass is 9.82. The molecule has 0 heterocycles. The van der Waals surface area contributed by atoms with Gasteiger partial charge in [-0.25, -0.2) is 9.59 Å². The van der Waals surface area contributed by atoms with Crippen molar-refractivity contribution >= 4 is 12.1 Å². The molecule has 0 fully saturated rings. The summed E-state index contributed by atoms with van der Waals surface area (Å²) < 4.78 is 5.40. The largest absolute Gasteiger partial charge is 0.478 e. The van der Waals surface area contributed by atoms with Crippen LogP contribution in [0.5, 0.6) is 0 Å². The molecule has 0 spiro atoms. The zero-order valence-electron chi connectivity index (χ0n) is 16.6. The number of nitrogens with zero attached hydrogens (tertiary/aromatic N) is 1. The number of unbranched alkanes of at least 4 members (excludes halogenated alkanes) is 1. The Balaban J connectivity index is 3.16. The van der Waals surface area contributed by atoms with E-state index in [0.717, 1.165) is 12.8 Å². The Morgan fingerprint density at radius 2 is 1.73 bits per heavy atom. The first kappa shape index (κ1) is 22.0. The summed E-state index contributed by atoms with van der Waals surface area (Å²) >= 11 is 0. The Kier molecular flexibility index (Phi) is 7.21. The fourth-order valence-corrected chi connectivity index (χ4v) is 2.75. The highest BCUT2D eigenvalue weighted by atomic mass is 16.6. The molecule has 1 amide bonds. The van der Waals surface area contributed by atoms with Gasteiger partial charge in [0.1, 0.15) is 11.2 Å². The van der Waals surface area contributed by atoms with Gasteiger partial charge in [0.15, 0.2) is 0 Å². The number of aromatic carboxylic acids is 1. The van der Waals surface area contributed by atoms with Crippen molar-refractivity contribution in [2.24, 2.45) is 0 Å². The number of amides is 1. The summed E-state index contributed by atoms with van der Waals surface area (Å²) in [5.74, 6) is -1.02. The van der Waals surface area contributed by atoms with Gasteiger partial charge in [0, 0.05) is 7.05 Å². The van der Waals surface area contributed by atoms with Crippen LogP contribution >= 0.6 is 0 Å². The Morgan fingerprint density at radius 3 is 2.15 bits per heavy atom. The fraction of sp³-hybridized carbons (Fsp3) is 0.600. The van der Waals surface area contributed by atoms with Crippen molar-refractivity contribution in [3.8, 4) is 0 Å². The first-order chi connectivity index (χ1) is 11.9. The summed E-state index contributed by atoms with van der Waals surface area (Å²) in [5, 5.41) is 20.5. The van der Waals surface area contributed by atoms with Crippen molar-refractivity contribution in [3.63, 3.8) is 0 Å². The molecule has 0 aliphatic carbocycles. The fourth-order valence-electron chi connectivity index (χ4n) is 2.75. The van der Waals surface area contributed by atoms with Crippen molar-refractivity contribution in [1.82, 2.24) is 4.90 Å². The summed E-state index contributed by atoms with van der Waals surface area (Å²) in [6, 6.07) is 5.60. The predicted molar refractivity (Wildman–Crippen MR) is 100 cm³/mol. The maximum Gasteiger partial charge on any atom is 0.410 e. The van der Waals surface area contributed by atoms with E-state index in [9.17, 15) is 14.7 Å². The number of carboxylic acid groups (broad SMARTS) is 1. The quantitative estimate of drug-likeness (QED) is 0.762. The maximum atomic E-state index is 12.4. The monoisotopic (exact) mass is 365 g/mol. The molecular weight excluding hydrogens is 334 g/mol. The number of benzene rings is 1. The first-order valence-corrected chi connectivity index (χ1v) is 8.94. The van der Waals surface area contributed by atoms with E-state index in [1.165, 1.54) is 17.0 Å². The molecule has 1 rings (SSSR count). The number of ether oxygens (including phenoxy) is 1. The van der Waals surface area contributed by atoms with E-state index in [1.54, 1.807) is 46.9 Å². The van der Waals surface area contributed by atoms with Gasteiger partial charge in [-0.3, -0.25) is 0 Å². The van der Waals surface area contributed by atoms with E-state index in [-0.39, 0.29) is 5.56 Å². The number of carbonyl (C=O) groups excluding carboxylic acids is 1. The van der Waals surface area contributed by atoms with E-state index in [1.807, 2.05) is 6.92 Å². The summed E-state index contributed by atoms with van der Waals surface area (Å²) in [4.78, 5) is 24.9. The second-order valence-corrected chi connectivity index (χ2v) is 7.68. The number of hydrogen-bond acceptors (Lipinski definition) is 4. The third kappa shape index (κ3) is 5.46. The van der Waals surface area contributed by atoms with Crippen LogP contribution in [0.2, 0.25) is 0 Å². The molecule has 2 unspecified atom stereocenters. The number of carbonyl (C=O) groups is 2.